The summed E-state index contributed by atoms with van der Waals surface area (Å²) < 4.78 is 39.2. The fourth-order valence-electron chi connectivity index (χ4n) is 2.54. The van der Waals surface area contributed by atoms with E-state index in [0.717, 1.165) is 10.7 Å². The van der Waals surface area contributed by atoms with Gasteiger partial charge in [-0.3, -0.25) is 9.80 Å². The van der Waals surface area contributed by atoms with Gasteiger partial charge in [0.1, 0.15) is 5.82 Å². The topological polar surface area (TPSA) is 88.3 Å². The summed E-state index contributed by atoms with van der Waals surface area (Å²) in [6.45, 7) is 1.48. The Bertz CT molecular complexity index is 942. The summed E-state index contributed by atoms with van der Waals surface area (Å²) in [6, 6.07) is 0.721. The molecule has 1 aliphatic rings. The van der Waals surface area contributed by atoms with E-state index in [-0.39, 0.29) is 40.9 Å². The minimum absolute atomic E-state index is 0.0419. The molecule has 0 fully saturated rings. The Labute approximate surface area is 143 Å². The van der Waals surface area contributed by atoms with Crippen LogP contribution in [-0.4, -0.2) is 32.3 Å². The number of hydrogen-bond donors (Lipinski definition) is 1. The highest BCUT2D eigenvalue weighted by molar-refractivity contribution is 6.33. The van der Waals surface area contributed by atoms with Gasteiger partial charge in [-0.1, -0.05) is 11.6 Å². The van der Waals surface area contributed by atoms with Crippen LogP contribution in [0.4, 0.5) is 19.0 Å². The van der Waals surface area contributed by atoms with E-state index in [9.17, 15) is 22.8 Å². The van der Waals surface area contributed by atoms with Gasteiger partial charge in [-0.05, 0) is 13.0 Å². The highest BCUT2D eigenvalue weighted by atomic mass is 35.5. The van der Waals surface area contributed by atoms with Gasteiger partial charge in [0, 0.05) is 24.7 Å². The second-order valence-electron chi connectivity index (χ2n) is 5.32. The van der Waals surface area contributed by atoms with Crippen LogP contribution in [-0.2, 0) is 12.6 Å². The second-order valence-corrected chi connectivity index (χ2v) is 5.73. The van der Waals surface area contributed by atoms with Gasteiger partial charge < -0.3 is 5.11 Å². The lowest BCUT2D eigenvalue weighted by atomic mass is 10.2. The Morgan fingerprint density at radius 1 is 1.40 bits per heavy atom. The fourth-order valence-corrected chi connectivity index (χ4v) is 2.80. The van der Waals surface area contributed by atoms with E-state index in [2.05, 4.69) is 9.97 Å². The van der Waals surface area contributed by atoms with Gasteiger partial charge in [-0.15, -0.1) is 0 Å². The minimum atomic E-state index is -4.59. The smallest absolute Gasteiger partial charge is 0.417 e. The van der Waals surface area contributed by atoms with Crippen molar-refractivity contribution in [2.45, 2.75) is 19.5 Å². The van der Waals surface area contributed by atoms with Crippen LogP contribution >= 0.6 is 11.6 Å². The Morgan fingerprint density at radius 2 is 2.08 bits per heavy atom. The quantitative estimate of drug-likeness (QED) is 0.866. The van der Waals surface area contributed by atoms with Crippen molar-refractivity contribution in [3.05, 3.63) is 50.3 Å². The molecule has 0 aromatic carbocycles. The van der Waals surface area contributed by atoms with Crippen LogP contribution < -0.4 is 10.6 Å². The number of rotatable bonds is 2. The first-order chi connectivity index (χ1) is 11.6. The first kappa shape index (κ1) is 17.2. The summed E-state index contributed by atoms with van der Waals surface area (Å²) in [5.41, 5.74) is -2.10. The maximum atomic E-state index is 12.7. The van der Waals surface area contributed by atoms with Gasteiger partial charge in [0.05, 0.1) is 10.6 Å². The molecular formula is C14H10ClF3N4O3. The monoisotopic (exact) mass is 374 g/mol. The average Bonchev–Trinajstić information content (AvgIpc) is 2.93. The SMILES string of the molecule is Cc1c(C(=O)O)nc2n(c1=O)N(c1ncc(C(F)(F)F)cc1Cl)CC2. The first-order valence-corrected chi connectivity index (χ1v) is 7.35. The molecule has 0 aliphatic carbocycles. The third-order valence-corrected chi connectivity index (χ3v) is 4.02. The lowest BCUT2D eigenvalue weighted by Crippen LogP contribution is -2.38. The summed E-state index contributed by atoms with van der Waals surface area (Å²) in [4.78, 5) is 31.3. The zero-order valence-corrected chi connectivity index (χ0v) is 13.4. The van der Waals surface area contributed by atoms with Crippen molar-refractivity contribution < 1.29 is 23.1 Å². The maximum absolute atomic E-state index is 12.7. The Balaban J connectivity index is 2.12. The number of pyridine rings is 1. The molecule has 132 valence electrons. The zero-order valence-electron chi connectivity index (χ0n) is 12.6. The maximum Gasteiger partial charge on any atom is 0.417 e. The minimum Gasteiger partial charge on any atom is -0.476 e. The summed E-state index contributed by atoms with van der Waals surface area (Å²) in [6.07, 6.45) is -3.76. The van der Waals surface area contributed by atoms with Crippen molar-refractivity contribution in [2.75, 3.05) is 11.6 Å². The zero-order chi connectivity index (χ0) is 18.5. The molecule has 0 amide bonds. The number of halogens is 4. The molecule has 0 saturated carbocycles. The van der Waals surface area contributed by atoms with Crippen molar-refractivity contribution in [1.29, 1.82) is 0 Å². The summed E-state index contributed by atoms with van der Waals surface area (Å²) in [7, 11) is 0. The van der Waals surface area contributed by atoms with Crippen LogP contribution in [0.3, 0.4) is 0 Å². The van der Waals surface area contributed by atoms with E-state index in [4.69, 9.17) is 16.7 Å². The summed E-state index contributed by atoms with van der Waals surface area (Å²) in [5.74, 6) is -1.20. The largest absolute Gasteiger partial charge is 0.476 e. The van der Waals surface area contributed by atoms with Gasteiger partial charge in [-0.2, -0.15) is 13.2 Å². The molecule has 0 saturated heterocycles. The number of nitrogens with zero attached hydrogens (tertiary/aromatic N) is 4. The number of fused-ring (bicyclic) bond motifs is 1. The normalized spacial score (nSPS) is 13.9. The predicted molar refractivity (Wildman–Crippen MR) is 80.9 cm³/mol. The third-order valence-electron chi connectivity index (χ3n) is 3.74. The molecule has 25 heavy (non-hydrogen) atoms. The van der Waals surface area contributed by atoms with Crippen LogP contribution in [0.15, 0.2) is 17.1 Å². The van der Waals surface area contributed by atoms with Crippen LogP contribution in [0.25, 0.3) is 0 Å². The molecule has 2 aromatic heterocycles. The first-order valence-electron chi connectivity index (χ1n) is 6.97. The van der Waals surface area contributed by atoms with E-state index < -0.39 is 23.3 Å². The Kier molecular flexibility index (Phi) is 3.94. The number of alkyl halides is 3. The highest BCUT2D eigenvalue weighted by Gasteiger charge is 2.33. The van der Waals surface area contributed by atoms with E-state index in [1.807, 2.05) is 0 Å². The Hall–Kier alpha value is -2.62. The standard InChI is InChI=1S/C14H10ClF3N4O3/c1-6-10(13(24)25)20-9-2-3-21(22(9)12(6)23)11-8(15)4-7(5-19-11)14(16,17)18/h4-5H,2-3H2,1H3,(H,24,25). The molecule has 0 radical (unpaired) electrons. The molecule has 1 N–H and O–H groups in total. The molecule has 0 bridgehead atoms. The van der Waals surface area contributed by atoms with Gasteiger partial charge in [0.15, 0.2) is 11.5 Å². The van der Waals surface area contributed by atoms with Crippen molar-refractivity contribution in [3.8, 4) is 0 Å². The molecule has 0 atom stereocenters. The molecule has 0 unspecified atom stereocenters. The molecule has 2 aromatic rings. The van der Waals surface area contributed by atoms with Gasteiger partial charge in [0.2, 0.25) is 0 Å². The van der Waals surface area contributed by atoms with Crippen molar-refractivity contribution in [2.24, 2.45) is 0 Å². The number of aromatic nitrogens is 3. The number of carboxylic acid groups (broad SMARTS) is 1. The lowest BCUT2D eigenvalue weighted by Gasteiger charge is -2.21. The van der Waals surface area contributed by atoms with Crippen molar-refractivity contribution >= 4 is 23.4 Å². The molecule has 11 heteroatoms. The number of hydrogen-bond acceptors (Lipinski definition) is 5. The summed E-state index contributed by atoms with van der Waals surface area (Å²) >= 11 is 5.92. The number of anilines is 1. The van der Waals surface area contributed by atoms with Crippen LogP contribution in [0, 0.1) is 6.92 Å². The van der Waals surface area contributed by atoms with Gasteiger partial charge in [0.25, 0.3) is 5.56 Å². The average molecular weight is 375 g/mol. The van der Waals surface area contributed by atoms with Crippen molar-refractivity contribution in [1.82, 2.24) is 14.6 Å². The van der Waals surface area contributed by atoms with Crippen LogP contribution in [0.1, 0.15) is 27.4 Å². The van der Waals surface area contributed by atoms with E-state index in [0.29, 0.717) is 6.20 Å². The van der Waals surface area contributed by atoms with Crippen LogP contribution in [0.5, 0.6) is 0 Å². The third kappa shape index (κ3) is 2.82. The fraction of sp³-hybridized carbons (Fsp3) is 0.286. The van der Waals surface area contributed by atoms with Gasteiger partial charge >= 0.3 is 12.1 Å². The van der Waals surface area contributed by atoms with E-state index >= 15 is 0 Å². The summed E-state index contributed by atoms with van der Waals surface area (Å²) in [5, 5.41) is 10.1. The number of aromatic carboxylic acids is 1. The van der Waals surface area contributed by atoms with Crippen molar-refractivity contribution in [3.63, 3.8) is 0 Å². The Morgan fingerprint density at radius 3 is 2.64 bits per heavy atom. The molecule has 1 aliphatic heterocycles. The van der Waals surface area contributed by atoms with E-state index in [1.165, 1.54) is 11.9 Å². The number of carbonyl (C=O) groups is 1. The number of carboxylic acids is 1. The second kappa shape index (κ2) is 5.73. The molecular weight excluding hydrogens is 365 g/mol. The molecule has 7 nitrogen and oxygen atoms in total. The molecule has 3 heterocycles. The highest BCUT2D eigenvalue weighted by Crippen LogP contribution is 2.34. The van der Waals surface area contributed by atoms with E-state index in [1.54, 1.807) is 0 Å². The lowest BCUT2D eigenvalue weighted by molar-refractivity contribution is -0.137. The van der Waals surface area contributed by atoms with Crippen LogP contribution in [0.2, 0.25) is 5.02 Å². The van der Waals surface area contributed by atoms with Gasteiger partial charge in [-0.25, -0.2) is 19.4 Å². The molecule has 0 spiro atoms. The predicted octanol–water partition coefficient (Wildman–Crippen LogP) is 2.14. The molecule has 3 rings (SSSR count).